The van der Waals surface area contributed by atoms with Gasteiger partial charge in [0, 0.05) is 56.7 Å². The summed E-state index contributed by atoms with van der Waals surface area (Å²) in [6.45, 7) is 8.45. The van der Waals surface area contributed by atoms with Crippen LogP contribution in [0.25, 0.3) is 0 Å². The number of piperidine rings is 2. The van der Waals surface area contributed by atoms with Crippen molar-refractivity contribution in [3.05, 3.63) is 36.5 Å². The molecular weight excluding hydrogens is 478 g/mol. The number of carbonyl (C=O) groups is 1. The minimum atomic E-state index is -0.0211. The second kappa shape index (κ2) is 13.1. The van der Waals surface area contributed by atoms with Crippen molar-refractivity contribution >= 4 is 23.5 Å². The predicted octanol–water partition coefficient (Wildman–Crippen LogP) is 4.83. The number of nitrogens with one attached hydrogen (secondary N) is 2. The number of benzene rings is 1. The molecule has 3 saturated heterocycles. The number of likely N-dealkylation sites (tertiary alicyclic amines) is 2. The number of amides is 2. The van der Waals surface area contributed by atoms with Crippen LogP contribution in [0, 0.1) is 0 Å². The maximum atomic E-state index is 12.8. The van der Waals surface area contributed by atoms with E-state index in [1.54, 1.807) is 0 Å². The quantitative estimate of drug-likeness (QED) is 0.540. The summed E-state index contributed by atoms with van der Waals surface area (Å²) in [5.41, 5.74) is 0.799. The summed E-state index contributed by atoms with van der Waals surface area (Å²) in [5.74, 6) is 2.62. The Morgan fingerprint density at radius 3 is 2.45 bits per heavy atom. The third kappa shape index (κ3) is 7.07. The van der Waals surface area contributed by atoms with Gasteiger partial charge in [0.15, 0.2) is 0 Å². The fourth-order valence-corrected chi connectivity index (χ4v) is 5.97. The second-order valence-corrected chi connectivity index (χ2v) is 10.7. The first-order chi connectivity index (χ1) is 18.7. The number of nitrogens with zero attached hydrogens (tertiary/aromatic N) is 5. The van der Waals surface area contributed by atoms with Crippen LogP contribution in [0.15, 0.2) is 36.5 Å². The summed E-state index contributed by atoms with van der Waals surface area (Å²) in [6.07, 6.45) is 11.3. The molecule has 206 valence electrons. The molecule has 1 atom stereocenters. The molecule has 2 aromatic rings. The van der Waals surface area contributed by atoms with Crippen molar-refractivity contribution < 1.29 is 9.53 Å². The van der Waals surface area contributed by atoms with Crippen molar-refractivity contribution in [2.75, 3.05) is 61.4 Å². The van der Waals surface area contributed by atoms with Gasteiger partial charge in [0.2, 0.25) is 5.95 Å². The molecule has 3 fully saturated rings. The topological polar surface area (TPSA) is 85.9 Å². The van der Waals surface area contributed by atoms with Crippen molar-refractivity contribution in [1.29, 1.82) is 0 Å². The summed E-state index contributed by atoms with van der Waals surface area (Å²) in [6, 6.07) is 10.5. The van der Waals surface area contributed by atoms with Crippen molar-refractivity contribution in [2.24, 2.45) is 0 Å². The van der Waals surface area contributed by atoms with Crippen LogP contribution in [0.4, 0.5) is 22.2 Å². The zero-order chi connectivity index (χ0) is 26.2. The van der Waals surface area contributed by atoms with Crippen LogP contribution in [-0.2, 0) is 0 Å². The molecule has 0 spiro atoms. The third-order valence-corrected chi connectivity index (χ3v) is 8.04. The Bertz CT molecular complexity index is 1020. The molecule has 0 aliphatic carbocycles. The van der Waals surface area contributed by atoms with E-state index in [-0.39, 0.29) is 6.03 Å². The fraction of sp³-hybridized carbons (Fsp3) is 0.621. The molecule has 1 aromatic carbocycles. The number of urea groups is 1. The molecule has 38 heavy (non-hydrogen) atoms. The van der Waals surface area contributed by atoms with E-state index in [9.17, 15) is 4.79 Å². The molecule has 9 nitrogen and oxygen atoms in total. The van der Waals surface area contributed by atoms with Gasteiger partial charge in [-0.15, -0.1) is 0 Å². The minimum absolute atomic E-state index is 0.0211. The van der Waals surface area contributed by atoms with Crippen LogP contribution in [0.1, 0.15) is 58.3 Å². The number of aromatic nitrogens is 2. The molecule has 5 rings (SSSR count). The van der Waals surface area contributed by atoms with Crippen LogP contribution in [0.3, 0.4) is 0 Å². The summed E-state index contributed by atoms with van der Waals surface area (Å²) in [5, 5.41) is 6.67. The molecule has 9 heteroatoms. The highest BCUT2D eigenvalue weighted by atomic mass is 16.5. The summed E-state index contributed by atoms with van der Waals surface area (Å²) in [4.78, 5) is 29.2. The lowest BCUT2D eigenvalue weighted by atomic mass is 9.98. The molecule has 2 amide bonds. The average Bonchev–Trinajstić information content (AvgIpc) is 3.25. The van der Waals surface area contributed by atoms with Gasteiger partial charge in [-0.05, 0) is 82.3 Å². The van der Waals surface area contributed by atoms with Crippen LogP contribution in [0.2, 0.25) is 0 Å². The van der Waals surface area contributed by atoms with Gasteiger partial charge < -0.3 is 25.2 Å². The Kier molecular flexibility index (Phi) is 9.17. The van der Waals surface area contributed by atoms with Crippen molar-refractivity contribution in [3.63, 3.8) is 0 Å². The highest BCUT2D eigenvalue weighted by Crippen LogP contribution is 2.24. The van der Waals surface area contributed by atoms with Crippen molar-refractivity contribution in [1.82, 2.24) is 19.8 Å². The Hall–Kier alpha value is -3.07. The van der Waals surface area contributed by atoms with Gasteiger partial charge >= 0.3 is 6.03 Å². The Morgan fingerprint density at radius 1 is 0.947 bits per heavy atom. The van der Waals surface area contributed by atoms with Crippen LogP contribution in [-0.4, -0.2) is 83.8 Å². The number of anilines is 3. The SMILES string of the molecule is CCOc1ccc(NC(=O)N2CCC(N3CCCC(Nc4nccc(N5CCCCCC5)n4)C3)CC2)cc1. The maximum Gasteiger partial charge on any atom is 0.321 e. The van der Waals surface area contributed by atoms with E-state index in [0.717, 1.165) is 81.7 Å². The minimum Gasteiger partial charge on any atom is -0.494 e. The average molecular weight is 522 g/mol. The molecule has 0 saturated carbocycles. The zero-order valence-corrected chi connectivity index (χ0v) is 22.8. The van der Waals surface area contributed by atoms with Crippen LogP contribution in [0.5, 0.6) is 5.75 Å². The highest BCUT2D eigenvalue weighted by molar-refractivity contribution is 5.89. The molecule has 4 heterocycles. The standard InChI is InChI=1S/C29H43N7O2/c1-2-38-26-11-9-23(10-12-26)32-29(37)35-20-14-25(15-21-35)36-19-7-8-24(22-36)31-28-30-16-13-27(33-28)34-17-5-3-4-6-18-34/h9-13,16,24-25H,2-8,14-15,17-22H2,1H3,(H,32,37)(H,30,31,33). The maximum absolute atomic E-state index is 12.8. The second-order valence-electron chi connectivity index (χ2n) is 10.7. The van der Waals surface area contributed by atoms with Crippen LogP contribution < -0.4 is 20.3 Å². The van der Waals surface area contributed by atoms with Crippen molar-refractivity contribution in [2.45, 2.75) is 70.4 Å². The summed E-state index contributed by atoms with van der Waals surface area (Å²) in [7, 11) is 0. The first-order valence-electron chi connectivity index (χ1n) is 14.6. The van der Waals surface area contributed by atoms with E-state index in [1.807, 2.05) is 48.4 Å². The van der Waals surface area contributed by atoms with E-state index >= 15 is 0 Å². The van der Waals surface area contributed by atoms with E-state index in [2.05, 4.69) is 25.4 Å². The Morgan fingerprint density at radius 2 is 1.71 bits per heavy atom. The number of ether oxygens (including phenoxy) is 1. The predicted molar refractivity (Wildman–Crippen MR) is 152 cm³/mol. The number of hydrogen-bond acceptors (Lipinski definition) is 7. The lowest BCUT2D eigenvalue weighted by molar-refractivity contribution is 0.0997. The number of rotatable bonds is 7. The van der Waals surface area contributed by atoms with Gasteiger partial charge in [0.1, 0.15) is 11.6 Å². The van der Waals surface area contributed by atoms with Gasteiger partial charge in [-0.2, -0.15) is 4.98 Å². The van der Waals surface area contributed by atoms with E-state index in [0.29, 0.717) is 18.7 Å². The zero-order valence-electron chi connectivity index (χ0n) is 22.8. The molecule has 1 unspecified atom stereocenters. The molecule has 0 bridgehead atoms. The first kappa shape index (κ1) is 26.5. The first-order valence-corrected chi connectivity index (χ1v) is 14.6. The normalized spacial score (nSPS) is 21.6. The van der Waals surface area contributed by atoms with E-state index in [4.69, 9.17) is 9.72 Å². The van der Waals surface area contributed by atoms with E-state index < -0.39 is 0 Å². The summed E-state index contributed by atoms with van der Waals surface area (Å²) >= 11 is 0. The monoisotopic (exact) mass is 521 g/mol. The molecule has 2 N–H and O–H groups in total. The largest absolute Gasteiger partial charge is 0.494 e. The fourth-order valence-electron chi connectivity index (χ4n) is 5.97. The molecule has 1 aromatic heterocycles. The van der Waals surface area contributed by atoms with Gasteiger partial charge in [0.25, 0.3) is 0 Å². The smallest absolute Gasteiger partial charge is 0.321 e. The number of hydrogen-bond donors (Lipinski definition) is 2. The molecule has 3 aliphatic rings. The van der Waals surface area contributed by atoms with E-state index in [1.165, 1.54) is 32.1 Å². The van der Waals surface area contributed by atoms with Gasteiger partial charge in [-0.3, -0.25) is 4.90 Å². The molecular formula is C29H43N7O2. The van der Waals surface area contributed by atoms with Gasteiger partial charge in [-0.25, -0.2) is 9.78 Å². The lowest BCUT2D eigenvalue weighted by Crippen LogP contribution is -2.52. The van der Waals surface area contributed by atoms with Crippen molar-refractivity contribution in [3.8, 4) is 5.75 Å². The number of carbonyl (C=O) groups excluding carboxylic acids is 1. The lowest BCUT2D eigenvalue weighted by Gasteiger charge is -2.42. The molecule has 3 aliphatic heterocycles. The Balaban J connectivity index is 1.09. The van der Waals surface area contributed by atoms with Gasteiger partial charge in [-0.1, -0.05) is 12.8 Å². The molecule has 0 radical (unpaired) electrons. The highest BCUT2D eigenvalue weighted by Gasteiger charge is 2.30. The third-order valence-electron chi connectivity index (χ3n) is 8.04. The van der Waals surface area contributed by atoms with Gasteiger partial charge in [0.05, 0.1) is 6.61 Å². The van der Waals surface area contributed by atoms with Crippen LogP contribution >= 0.6 is 0 Å². The summed E-state index contributed by atoms with van der Waals surface area (Å²) < 4.78 is 5.49. The Labute approximate surface area is 226 Å².